The van der Waals surface area contributed by atoms with Crippen LogP contribution in [0.5, 0.6) is 0 Å². The van der Waals surface area contributed by atoms with Crippen LogP contribution >= 0.6 is 0 Å². The molecule has 4 saturated carbocycles. The first-order valence-electron chi connectivity index (χ1n) is 41.2. The number of aliphatic hydroxyl groups is 20. The van der Waals surface area contributed by atoms with E-state index < -0.39 is 317 Å². The molecule has 12 aliphatic rings. The predicted molar refractivity (Wildman–Crippen MR) is 399 cm³/mol. The Morgan fingerprint density at radius 2 is 1.18 bits per heavy atom. The molecular formula is C80H127NO38. The molecule has 39 heteroatoms. The standard InChI is InChI=1S/C80H127NO38/c1-12-75(8,103)19-13-14-33(2)64(101)105-30-42-58(116-68-54(95)52(93)49(90)40(25-82)111-68)55(96)60(118-67-56(97)57(39(87)28-107-67)115-71-63(100)79(104,31-83)32-110-71)70(113-42)119-72(102)80-23-22-73(4,5)24-36(80)35-15-16-44-76(9)20-18-45(74(6,7)43(76)17-21-77(44,10)78(35,11)61(98)62(80)99)114-65-46(81-34(3)84)51(92)50(91)41(112-65)29-109-69-59(48(89)38(86)27-108-69)117-66-53(94)47(88)37(85)26-106-66/h12,14-15,36-63,65-71,82-83,85-100,103-104H,1,13,16-32H2,2-11H3,(H,81,84)/b33-14+/t36-,37+,38-,39+,40+,41+,42+,43-,44+,45-,46+,47-,48-,49+,50+,51+,52-,53+,54+,55-,56+,57-,58+,59+,60+,61-,62+,63-,65-,66-,67-,68-,69-,70-,71-,75-,76-,77+,78-,79+,80+/m0/s1. The van der Waals surface area contributed by atoms with Gasteiger partial charge in [-0.2, -0.15) is 0 Å². The fourth-order valence-electron chi connectivity index (χ4n) is 21.3. The molecule has 0 aromatic heterocycles. The molecule has 12 rings (SSSR count). The molecule has 21 N–H and O–H groups in total. The number of carbonyl (C=O) groups excluding carboxylic acids is 3. The van der Waals surface area contributed by atoms with Gasteiger partial charge in [-0.25, -0.2) is 4.79 Å². The minimum absolute atomic E-state index is 0.0249. The summed E-state index contributed by atoms with van der Waals surface area (Å²) in [5, 5.41) is 228. The zero-order valence-electron chi connectivity index (χ0n) is 68.7. The number of rotatable bonds is 25. The normalized spacial score (nSPS) is 49.7. The first-order chi connectivity index (χ1) is 55.7. The summed E-state index contributed by atoms with van der Waals surface area (Å²) in [6, 6.07) is -1.34. The van der Waals surface area contributed by atoms with E-state index in [9.17, 15) is 112 Å². The summed E-state index contributed by atoms with van der Waals surface area (Å²) in [6.45, 7) is 16.4. The van der Waals surface area contributed by atoms with E-state index in [-0.39, 0.29) is 49.5 Å². The van der Waals surface area contributed by atoms with Crippen molar-refractivity contribution in [2.24, 2.45) is 50.2 Å². The molecule has 0 aromatic rings. The smallest absolute Gasteiger partial charge is 0.333 e. The number of hydrogen-bond donors (Lipinski definition) is 21. The molecule has 0 radical (unpaired) electrons. The van der Waals surface area contributed by atoms with Crippen molar-refractivity contribution in [1.29, 1.82) is 0 Å². The average molecular weight is 1710 g/mol. The second-order valence-corrected chi connectivity index (χ2v) is 37.4. The summed E-state index contributed by atoms with van der Waals surface area (Å²) in [5.74, 6) is -4.06. The lowest BCUT2D eigenvalue weighted by Crippen LogP contribution is -2.73. The third-order valence-corrected chi connectivity index (χ3v) is 28.9. The Morgan fingerprint density at radius 3 is 1.82 bits per heavy atom. The molecule has 7 aliphatic heterocycles. The van der Waals surface area contributed by atoms with Crippen molar-refractivity contribution >= 4 is 17.8 Å². The Hall–Kier alpha value is -3.69. The van der Waals surface area contributed by atoms with Crippen LogP contribution in [0, 0.1) is 50.2 Å². The highest BCUT2D eigenvalue weighted by Crippen LogP contribution is 2.76. The largest absolute Gasteiger partial charge is 0.459 e. The molecule has 7 saturated heterocycles. The van der Waals surface area contributed by atoms with Gasteiger partial charge in [-0.05, 0) is 117 Å². The van der Waals surface area contributed by atoms with E-state index in [2.05, 4.69) is 45.7 Å². The first-order valence-corrected chi connectivity index (χ1v) is 41.2. The Balaban J connectivity index is 0.832. The molecular weight excluding hydrogens is 1580 g/mol. The molecule has 7 heterocycles. The van der Waals surface area contributed by atoms with Gasteiger partial charge in [0.25, 0.3) is 0 Å². The predicted octanol–water partition coefficient (Wildman–Crippen LogP) is -5.70. The van der Waals surface area contributed by atoms with Crippen molar-refractivity contribution in [2.45, 2.75) is 341 Å². The number of esters is 2. The molecule has 1 amide bonds. The van der Waals surface area contributed by atoms with Gasteiger partial charge in [-0.1, -0.05) is 72.3 Å². The van der Waals surface area contributed by atoms with E-state index >= 15 is 4.79 Å². The molecule has 5 aliphatic carbocycles. The maximum absolute atomic E-state index is 16.4. The first kappa shape index (κ1) is 94.4. The lowest BCUT2D eigenvalue weighted by Gasteiger charge is -2.72. The van der Waals surface area contributed by atoms with Crippen LogP contribution in [0.25, 0.3) is 0 Å². The van der Waals surface area contributed by atoms with Crippen LogP contribution in [0.2, 0.25) is 0 Å². The van der Waals surface area contributed by atoms with Gasteiger partial charge in [0.15, 0.2) is 43.8 Å². The third kappa shape index (κ3) is 17.6. The maximum Gasteiger partial charge on any atom is 0.333 e. The van der Waals surface area contributed by atoms with Crippen molar-refractivity contribution < 1.29 is 188 Å². The molecule has 41 atom stereocenters. The van der Waals surface area contributed by atoms with Crippen LogP contribution in [0.1, 0.15) is 133 Å². The second kappa shape index (κ2) is 36.2. The van der Waals surface area contributed by atoms with Crippen molar-refractivity contribution in [1.82, 2.24) is 5.32 Å². The minimum atomic E-state index is -2.30. The molecule has 11 fully saturated rings. The molecule has 680 valence electrons. The Kier molecular flexibility index (Phi) is 28.7. The topological polar surface area (TPSA) is 606 Å². The van der Waals surface area contributed by atoms with Crippen LogP contribution in [-0.2, 0) is 85.4 Å². The lowest BCUT2D eigenvalue weighted by molar-refractivity contribution is -0.382. The number of hydrogen-bond acceptors (Lipinski definition) is 38. The Labute approximate surface area is 688 Å². The van der Waals surface area contributed by atoms with Gasteiger partial charge in [0.2, 0.25) is 12.2 Å². The number of fused-ring (bicyclic) bond motifs is 7. The van der Waals surface area contributed by atoms with E-state index in [1.807, 2.05) is 20.8 Å². The van der Waals surface area contributed by atoms with Gasteiger partial charge in [0.1, 0.15) is 146 Å². The fourth-order valence-corrected chi connectivity index (χ4v) is 21.3. The highest BCUT2D eigenvalue weighted by Gasteiger charge is 2.75. The average Bonchev–Trinajstić information content (AvgIpc) is 0.743. The number of carbonyl (C=O) groups is 3. The van der Waals surface area contributed by atoms with E-state index in [1.54, 1.807) is 0 Å². The summed E-state index contributed by atoms with van der Waals surface area (Å²) >= 11 is 0. The maximum atomic E-state index is 16.4. The van der Waals surface area contributed by atoms with Gasteiger partial charge >= 0.3 is 11.9 Å². The van der Waals surface area contributed by atoms with Gasteiger partial charge in [0.05, 0.1) is 70.2 Å². The SMILES string of the molecule is C=C[C@](C)(O)CC/C=C(\C)C(=O)OC[C@H]1O[C@@H](OC(=O)[C@]23CCC(C)(C)C[C@H]2C2=CC[C@@H]4[C@@]5(C)CC[C@H](O[C@@H]6O[C@H](CO[C@@H]7OC[C@H](O)[C@H](O)[C@H]7O[C@@H]7OC[C@@H](O)[C@H](O)[C@H]7O)[C@@H](O)[C@H](O)[C@H]6NC(C)=O)C(C)(C)[C@@H]5CC[C@@]4(C)[C@]2(C)[C@@H](O)[C@H]3O)[C@H](O[C@@H]2OC[C@@H](O)[C@H](O[C@@H]3OC[C@](O)(CO)[C@H]3O)[C@H]2O)[C@@H](O)[C@@H]1O[C@@H]1O[C@H](CO)[C@@H](O)[C@H](O)[C@H]1O. The summed E-state index contributed by atoms with van der Waals surface area (Å²) < 4.78 is 90.9. The molecule has 0 bridgehead atoms. The van der Waals surface area contributed by atoms with Gasteiger partial charge < -0.3 is 179 Å². The fraction of sp³-hybridized carbons (Fsp3) is 0.887. The number of allylic oxidation sites excluding steroid dienone is 2. The van der Waals surface area contributed by atoms with Crippen LogP contribution in [-0.4, -0.2) is 381 Å². The second-order valence-electron chi connectivity index (χ2n) is 37.4. The Bertz CT molecular complexity index is 3570. The molecule has 0 aromatic carbocycles. The van der Waals surface area contributed by atoms with Crippen molar-refractivity contribution in [3.8, 4) is 0 Å². The molecule has 0 spiro atoms. The highest BCUT2D eigenvalue weighted by atomic mass is 16.8. The zero-order chi connectivity index (χ0) is 87.3. The molecule has 39 nitrogen and oxygen atoms in total. The molecule has 0 unspecified atom stereocenters. The number of amides is 1. The van der Waals surface area contributed by atoms with Gasteiger partial charge in [-0.3, -0.25) is 9.59 Å². The summed E-state index contributed by atoms with van der Waals surface area (Å²) in [7, 11) is 0. The molecule has 119 heavy (non-hydrogen) atoms. The monoisotopic (exact) mass is 1710 g/mol. The number of nitrogens with one attached hydrogen (secondary N) is 1. The third-order valence-electron chi connectivity index (χ3n) is 28.9. The summed E-state index contributed by atoms with van der Waals surface area (Å²) in [4.78, 5) is 43.3. The van der Waals surface area contributed by atoms with Crippen LogP contribution in [0.15, 0.2) is 36.0 Å². The minimum Gasteiger partial charge on any atom is -0.459 e. The van der Waals surface area contributed by atoms with Gasteiger partial charge in [-0.15, -0.1) is 6.58 Å². The van der Waals surface area contributed by atoms with Crippen LogP contribution in [0.3, 0.4) is 0 Å². The summed E-state index contributed by atoms with van der Waals surface area (Å²) in [5.41, 5.74) is -8.95. The van der Waals surface area contributed by atoms with Crippen molar-refractivity contribution in [2.75, 3.05) is 52.9 Å². The number of aliphatic hydroxyl groups excluding tert-OH is 18. The van der Waals surface area contributed by atoms with E-state index in [0.717, 1.165) is 0 Å². The highest BCUT2D eigenvalue weighted by molar-refractivity contribution is 5.87. The summed E-state index contributed by atoms with van der Waals surface area (Å²) in [6.07, 6.45) is -47.7. The van der Waals surface area contributed by atoms with Crippen molar-refractivity contribution in [3.05, 3.63) is 36.0 Å². The van der Waals surface area contributed by atoms with Gasteiger partial charge in [0, 0.05) is 17.9 Å². The number of ether oxygens (including phenoxy) is 15. The van der Waals surface area contributed by atoms with E-state index in [1.165, 1.54) is 32.9 Å². The lowest BCUT2D eigenvalue weighted by atomic mass is 9.32. The Morgan fingerprint density at radius 1 is 0.580 bits per heavy atom. The van der Waals surface area contributed by atoms with E-state index in [4.69, 9.17) is 71.1 Å². The van der Waals surface area contributed by atoms with E-state index in [0.29, 0.717) is 37.7 Å². The van der Waals surface area contributed by atoms with Crippen LogP contribution < -0.4 is 5.32 Å². The van der Waals surface area contributed by atoms with Crippen molar-refractivity contribution in [3.63, 3.8) is 0 Å². The quantitative estimate of drug-likeness (QED) is 0.0175. The van der Waals surface area contributed by atoms with Crippen LogP contribution in [0.4, 0.5) is 0 Å². The zero-order valence-corrected chi connectivity index (χ0v) is 68.7.